The normalized spacial score (nSPS) is 30.2. The van der Waals surface area contributed by atoms with Gasteiger partial charge in [0.15, 0.2) is 11.9 Å². The molecule has 5 heteroatoms. The van der Waals surface area contributed by atoms with Crippen LogP contribution in [-0.4, -0.2) is 36.5 Å². The monoisotopic (exact) mass is 438 g/mol. The highest BCUT2D eigenvalue weighted by Gasteiger charge is 2.70. The van der Waals surface area contributed by atoms with Crippen LogP contribution in [-0.2, 0) is 37.0 Å². The lowest BCUT2D eigenvalue weighted by Crippen LogP contribution is -2.56. The molecule has 0 bridgehead atoms. The Bertz CT molecular complexity index is 786. The van der Waals surface area contributed by atoms with E-state index in [1.807, 2.05) is 48.5 Å². The predicted molar refractivity (Wildman–Crippen MR) is 122 cm³/mol. The molecule has 0 amide bonds. The van der Waals surface area contributed by atoms with Crippen LogP contribution in [0.1, 0.15) is 50.7 Å². The minimum Gasteiger partial charge on any atom is -0.370 e. The van der Waals surface area contributed by atoms with E-state index in [2.05, 4.69) is 26.0 Å². The van der Waals surface area contributed by atoms with E-state index in [0.29, 0.717) is 19.6 Å². The summed E-state index contributed by atoms with van der Waals surface area (Å²) in [4.78, 5) is 11.9. The molecule has 0 N–H and O–H groups in total. The van der Waals surface area contributed by atoms with Crippen LogP contribution >= 0.6 is 0 Å². The lowest BCUT2D eigenvalue weighted by atomic mass is 9.84. The van der Waals surface area contributed by atoms with Crippen LogP contribution in [0.15, 0.2) is 60.7 Å². The van der Waals surface area contributed by atoms with Crippen molar-refractivity contribution in [2.24, 2.45) is 5.92 Å². The molecule has 32 heavy (non-hydrogen) atoms. The Morgan fingerprint density at radius 1 is 1.00 bits per heavy atom. The molecule has 6 atom stereocenters. The SMILES string of the molecule is CCC[C@@H](C=O)[C@@H]1C[C@H](OCc2ccccc2)[C@@]2(O[C@@H]2CC)[C@@H](OCc2ccccc2)O1. The zero-order chi connectivity index (χ0) is 22.4. The summed E-state index contributed by atoms with van der Waals surface area (Å²) in [5, 5.41) is 0. The maximum atomic E-state index is 11.9. The standard InChI is InChI=1S/C27H34O5/c1-3-11-22(17-28)23-16-25(29-18-20-12-7-5-8-13-20)27(24(4-2)32-27)26(31-23)30-19-21-14-9-6-10-15-21/h5-10,12-15,17,22-26H,3-4,11,16,18-19H2,1-2H3/t22-,23-,24+,25-,26-,27+/m0/s1. The van der Waals surface area contributed by atoms with E-state index < -0.39 is 11.9 Å². The number of epoxide rings is 1. The van der Waals surface area contributed by atoms with Gasteiger partial charge >= 0.3 is 0 Å². The van der Waals surface area contributed by atoms with Gasteiger partial charge in [-0.2, -0.15) is 0 Å². The third-order valence-corrected chi connectivity index (χ3v) is 6.59. The summed E-state index contributed by atoms with van der Waals surface area (Å²) in [6.07, 6.45) is 3.21. The van der Waals surface area contributed by atoms with E-state index in [4.69, 9.17) is 18.9 Å². The van der Waals surface area contributed by atoms with Gasteiger partial charge in [-0.25, -0.2) is 0 Å². The van der Waals surface area contributed by atoms with Crippen molar-refractivity contribution in [2.75, 3.05) is 0 Å². The molecule has 2 aromatic carbocycles. The first-order valence-electron chi connectivity index (χ1n) is 11.8. The predicted octanol–water partition coefficient (Wildman–Crippen LogP) is 5.07. The van der Waals surface area contributed by atoms with Gasteiger partial charge in [-0.1, -0.05) is 80.9 Å². The Labute approximate surface area is 191 Å². The highest BCUT2D eigenvalue weighted by molar-refractivity contribution is 5.54. The van der Waals surface area contributed by atoms with Gasteiger partial charge < -0.3 is 23.7 Å². The maximum absolute atomic E-state index is 11.9. The molecule has 4 rings (SSSR count). The van der Waals surface area contributed by atoms with Crippen molar-refractivity contribution in [3.8, 4) is 0 Å². The molecule has 2 aliphatic heterocycles. The quantitative estimate of drug-likeness (QED) is 0.362. The van der Waals surface area contributed by atoms with Crippen molar-refractivity contribution in [1.82, 2.24) is 0 Å². The van der Waals surface area contributed by atoms with Gasteiger partial charge in [0, 0.05) is 12.3 Å². The molecule has 2 fully saturated rings. The first kappa shape index (κ1) is 23.1. The van der Waals surface area contributed by atoms with Crippen molar-refractivity contribution in [3.63, 3.8) is 0 Å². The van der Waals surface area contributed by atoms with Crippen LogP contribution < -0.4 is 0 Å². The molecule has 172 valence electrons. The highest BCUT2D eigenvalue weighted by atomic mass is 16.7. The van der Waals surface area contributed by atoms with Crippen LogP contribution in [0.5, 0.6) is 0 Å². The van der Waals surface area contributed by atoms with Gasteiger partial charge in [-0.15, -0.1) is 0 Å². The zero-order valence-corrected chi connectivity index (χ0v) is 19.0. The number of benzene rings is 2. The average Bonchev–Trinajstić information content (AvgIpc) is 3.57. The van der Waals surface area contributed by atoms with Gasteiger partial charge in [0.25, 0.3) is 0 Å². The van der Waals surface area contributed by atoms with Gasteiger partial charge in [0.05, 0.1) is 31.5 Å². The van der Waals surface area contributed by atoms with Crippen molar-refractivity contribution in [3.05, 3.63) is 71.8 Å². The van der Waals surface area contributed by atoms with Gasteiger partial charge in [0.2, 0.25) is 0 Å². The van der Waals surface area contributed by atoms with E-state index in [1.54, 1.807) is 0 Å². The van der Waals surface area contributed by atoms with E-state index in [1.165, 1.54) is 0 Å². The second-order valence-corrected chi connectivity index (χ2v) is 8.78. The lowest BCUT2D eigenvalue weighted by molar-refractivity contribution is -0.272. The second kappa shape index (κ2) is 10.7. The Balaban J connectivity index is 1.55. The number of carbonyl (C=O) groups excluding carboxylic acids is 1. The molecule has 0 saturated carbocycles. The summed E-state index contributed by atoms with van der Waals surface area (Å²) in [5.74, 6) is -0.179. The van der Waals surface area contributed by atoms with E-state index in [9.17, 15) is 4.79 Å². The Kier molecular flexibility index (Phi) is 7.74. The maximum Gasteiger partial charge on any atom is 0.192 e. The third kappa shape index (κ3) is 4.96. The molecule has 2 saturated heterocycles. The lowest BCUT2D eigenvalue weighted by Gasteiger charge is -2.42. The third-order valence-electron chi connectivity index (χ3n) is 6.59. The van der Waals surface area contributed by atoms with E-state index in [-0.39, 0.29) is 24.2 Å². The number of rotatable bonds is 11. The van der Waals surface area contributed by atoms with Crippen molar-refractivity contribution in [1.29, 1.82) is 0 Å². The van der Waals surface area contributed by atoms with E-state index in [0.717, 1.165) is 36.7 Å². The molecular weight excluding hydrogens is 404 g/mol. The van der Waals surface area contributed by atoms with Crippen LogP contribution in [0.4, 0.5) is 0 Å². The smallest absolute Gasteiger partial charge is 0.192 e. The van der Waals surface area contributed by atoms with Crippen molar-refractivity contribution in [2.45, 2.75) is 82.9 Å². The minimum absolute atomic E-state index is 0.0193. The molecule has 2 aromatic rings. The summed E-state index contributed by atoms with van der Waals surface area (Å²) in [7, 11) is 0. The molecule has 2 aliphatic rings. The second-order valence-electron chi connectivity index (χ2n) is 8.78. The number of carbonyl (C=O) groups is 1. The summed E-state index contributed by atoms with van der Waals surface area (Å²) < 4.78 is 25.5. The highest BCUT2D eigenvalue weighted by Crippen LogP contribution is 2.52. The van der Waals surface area contributed by atoms with Gasteiger partial charge in [0.1, 0.15) is 6.29 Å². The average molecular weight is 439 g/mol. The summed E-state index contributed by atoms with van der Waals surface area (Å²) in [6.45, 7) is 5.11. The fourth-order valence-electron chi connectivity index (χ4n) is 4.81. The number of hydrogen-bond acceptors (Lipinski definition) is 5. The number of ether oxygens (including phenoxy) is 4. The first-order valence-corrected chi connectivity index (χ1v) is 11.8. The van der Waals surface area contributed by atoms with Gasteiger partial charge in [-0.3, -0.25) is 0 Å². The summed E-state index contributed by atoms with van der Waals surface area (Å²) >= 11 is 0. The summed E-state index contributed by atoms with van der Waals surface area (Å²) in [6, 6.07) is 20.2. The fraction of sp³-hybridized carbons (Fsp3) is 0.519. The Morgan fingerprint density at radius 2 is 1.62 bits per heavy atom. The molecule has 0 radical (unpaired) electrons. The molecule has 0 unspecified atom stereocenters. The van der Waals surface area contributed by atoms with Crippen LogP contribution in [0.2, 0.25) is 0 Å². The van der Waals surface area contributed by atoms with Crippen LogP contribution in [0.3, 0.4) is 0 Å². The Morgan fingerprint density at radius 3 is 2.16 bits per heavy atom. The number of aldehydes is 1. The van der Waals surface area contributed by atoms with Crippen molar-refractivity contribution >= 4 is 6.29 Å². The van der Waals surface area contributed by atoms with Crippen LogP contribution in [0.25, 0.3) is 0 Å². The minimum atomic E-state index is -0.630. The molecule has 0 aliphatic carbocycles. The Hall–Kier alpha value is -2.05. The molecule has 1 spiro atoms. The fourth-order valence-corrected chi connectivity index (χ4v) is 4.81. The molecule has 0 aromatic heterocycles. The topological polar surface area (TPSA) is 57.3 Å². The van der Waals surface area contributed by atoms with Crippen molar-refractivity contribution < 1.29 is 23.7 Å². The largest absolute Gasteiger partial charge is 0.370 e. The van der Waals surface area contributed by atoms with Crippen LogP contribution in [0, 0.1) is 5.92 Å². The zero-order valence-electron chi connectivity index (χ0n) is 19.0. The summed E-state index contributed by atoms with van der Waals surface area (Å²) in [5.41, 5.74) is 1.56. The molecule has 2 heterocycles. The number of hydrogen-bond donors (Lipinski definition) is 0. The van der Waals surface area contributed by atoms with E-state index >= 15 is 0 Å². The van der Waals surface area contributed by atoms with Gasteiger partial charge in [-0.05, 0) is 24.0 Å². The molecular formula is C27H34O5. The first-order chi connectivity index (χ1) is 15.7. The molecule has 5 nitrogen and oxygen atoms in total.